The van der Waals surface area contributed by atoms with Crippen LogP contribution in [0.4, 0.5) is 0 Å². The van der Waals surface area contributed by atoms with Crippen LogP contribution in [0.1, 0.15) is 58.3 Å². The Balaban J connectivity index is 2.05. The Hall–Kier alpha value is -0.860. The Morgan fingerprint density at radius 2 is 2.00 bits per heavy atom. The van der Waals surface area contributed by atoms with E-state index < -0.39 is 5.92 Å². The van der Waals surface area contributed by atoms with Crippen molar-refractivity contribution in [1.82, 2.24) is 0 Å². The Morgan fingerprint density at radius 1 is 1.29 bits per heavy atom. The van der Waals surface area contributed by atoms with Crippen molar-refractivity contribution >= 4 is 11.8 Å². The lowest BCUT2D eigenvalue weighted by Gasteiger charge is -2.42. The number of hydrogen-bond donors (Lipinski definition) is 0. The van der Waals surface area contributed by atoms with Gasteiger partial charge in [-0.3, -0.25) is 9.59 Å². The molecule has 0 aromatic carbocycles. The predicted molar refractivity (Wildman–Crippen MR) is 64.5 cm³/mol. The van der Waals surface area contributed by atoms with Gasteiger partial charge in [0.25, 0.3) is 0 Å². The number of carbonyl (C=O) groups is 2. The molecule has 2 aliphatic carbocycles. The van der Waals surface area contributed by atoms with Crippen LogP contribution in [0.25, 0.3) is 0 Å². The zero-order valence-corrected chi connectivity index (χ0v) is 10.7. The minimum Gasteiger partial charge on any atom is -0.465 e. The van der Waals surface area contributed by atoms with E-state index in [9.17, 15) is 9.59 Å². The number of hydrogen-bond acceptors (Lipinski definition) is 3. The molecule has 2 saturated carbocycles. The van der Waals surface area contributed by atoms with E-state index in [4.69, 9.17) is 4.74 Å². The number of rotatable bonds is 2. The van der Waals surface area contributed by atoms with Gasteiger partial charge in [0.2, 0.25) is 0 Å². The smallest absolute Gasteiger partial charge is 0.316 e. The van der Waals surface area contributed by atoms with E-state index in [2.05, 4.69) is 0 Å². The summed E-state index contributed by atoms with van der Waals surface area (Å²) >= 11 is 0. The number of ether oxygens (including phenoxy) is 1. The summed E-state index contributed by atoms with van der Waals surface area (Å²) in [5, 5.41) is 0. The lowest BCUT2D eigenvalue weighted by molar-refractivity contribution is -0.155. The third-order valence-corrected chi connectivity index (χ3v) is 4.41. The van der Waals surface area contributed by atoms with E-state index in [1.54, 1.807) is 6.92 Å². The van der Waals surface area contributed by atoms with Crippen LogP contribution in [-0.2, 0) is 14.3 Å². The molecule has 2 rings (SSSR count). The van der Waals surface area contributed by atoms with Gasteiger partial charge in [0, 0.05) is 6.42 Å². The van der Waals surface area contributed by atoms with Crippen molar-refractivity contribution in [3.05, 3.63) is 0 Å². The largest absolute Gasteiger partial charge is 0.465 e. The SMILES string of the molecule is CCOC(=O)C1CC2(CCCCC2)CCC1=O. The molecule has 0 saturated heterocycles. The van der Waals surface area contributed by atoms with Crippen LogP contribution in [0.3, 0.4) is 0 Å². The number of Topliss-reactive ketones (excluding diaryl/α,β-unsaturated/α-hetero) is 1. The summed E-state index contributed by atoms with van der Waals surface area (Å²) < 4.78 is 5.03. The molecule has 3 heteroatoms. The normalized spacial score (nSPS) is 28.1. The van der Waals surface area contributed by atoms with Crippen molar-refractivity contribution in [2.45, 2.75) is 58.3 Å². The maximum absolute atomic E-state index is 11.8. The molecule has 0 aliphatic heterocycles. The molecule has 0 N–H and O–H groups in total. The van der Waals surface area contributed by atoms with Crippen LogP contribution >= 0.6 is 0 Å². The van der Waals surface area contributed by atoms with Gasteiger partial charge in [-0.2, -0.15) is 0 Å². The van der Waals surface area contributed by atoms with Gasteiger partial charge in [-0.15, -0.1) is 0 Å². The van der Waals surface area contributed by atoms with E-state index in [1.807, 2.05) is 0 Å². The second-order valence-electron chi connectivity index (χ2n) is 5.54. The van der Waals surface area contributed by atoms with E-state index in [1.165, 1.54) is 32.1 Å². The molecule has 0 aromatic rings. The first-order chi connectivity index (χ1) is 8.17. The molecule has 96 valence electrons. The van der Waals surface area contributed by atoms with Gasteiger partial charge in [-0.25, -0.2) is 0 Å². The third-order valence-electron chi connectivity index (χ3n) is 4.41. The Bertz CT molecular complexity index is 303. The summed E-state index contributed by atoms with van der Waals surface area (Å²) in [4.78, 5) is 23.6. The molecular weight excluding hydrogens is 216 g/mol. The van der Waals surface area contributed by atoms with Crippen molar-refractivity contribution in [3.8, 4) is 0 Å². The monoisotopic (exact) mass is 238 g/mol. The molecule has 17 heavy (non-hydrogen) atoms. The van der Waals surface area contributed by atoms with Gasteiger partial charge in [-0.05, 0) is 38.0 Å². The van der Waals surface area contributed by atoms with Crippen LogP contribution in [0.5, 0.6) is 0 Å². The molecule has 2 fully saturated rings. The van der Waals surface area contributed by atoms with Crippen LogP contribution < -0.4 is 0 Å². The fourth-order valence-corrected chi connectivity index (χ4v) is 3.43. The quantitative estimate of drug-likeness (QED) is 0.549. The lowest BCUT2D eigenvalue weighted by Crippen LogP contribution is -2.39. The number of esters is 1. The highest BCUT2D eigenvalue weighted by molar-refractivity contribution is 5.99. The second-order valence-corrected chi connectivity index (χ2v) is 5.54. The molecule has 0 heterocycles. The van der Waals surface area contributed by atoms with Crippen molar-refractivity contribution in [3.63, 3.8) is 0 Å². The highest BCUT2D eigenvalue weighted by Crippen LogP contribution is 2.48. The Morgan fingerprint density at radius 3 is 2.65 bits per heavy atom. The summed E-state index contributed by atoms with van der Waals surface area (Å²) in [6.07, 6.45) is 8.50. The summed E-state index contributed by atoms with van der Waals surface area (Å²) in [5.74, 6) is -0.663. The average molecular weight is 238 g/mol. The summed E-state index contributed by atoms with van der Waals surface area (Å²) in [7, 11) is 0. The summed E-state index contributed by atoms with van der Waals surface area (Å²) in [6, 6.07) is 0. The minimum atomic E-state index is -0.471. The van der Waals surface area contributed by atoms with Crippen molar-refractivity contribution in [1.29, 1.82) is 0 Å². The molecule has 3 nitrogen and oxygen atoms in total. The molecule has 0 radical (unpaired) electrons. The van der Waals surface area contributed by atoms with Crippen LogP contribution in [-0.4, -0.2) is 18.4 Å². The van der Waals surface area contributed by atoms with Crippen molar-refractivity contribution in [2.75, 3.05) is 6.61 Å². The molecule has 0 bridgehead atoms. The molecule has 1 unspecified atom stereocenters. The van der Waals surface area contributed by atoms with E-state index in [0.29, 0.717) is 13.0 Å². The van der Waals surface area contributed by atoms with E-state index in [-0.39, 0.29) is 17.2 Å². The molecule has 0 aromatic heterocycles. The van der Waals surface area contributed by atoms with E-state index in [0.717, 1.165) is 12.8 Å². The highest BCUT2D eigenvalue weighted by atomic mass is 16.5. The fraction of sp³-hybridized carbons (Fsp3) is 0.857. The van der Waals surface area contributed by atoms with Gasteiger partial charge in [0.15, 0.2) is 0 Å². The molecule has 2 aliphatic rings. The standard InChI is InChI=1S/C14H22O3/c1-2-17-13(16)11-10-14(9-6-12(11)15)7-4-3-5-8-14/h11H,2-10H2,1H3. The number of carbonyl (C=O) groups excluding carboxylic acids is 2. The molecule has 1 spiro atoms. The van der Waals surface area contributed by atoms with Gasteiger partial charge in [0.05, 0.1) is 6.61 Å². The maximum Gasteiger partial charge on any atom is 0.316 e. The maximum atomic E-state index is 11.8. The zero-order valence-electron chi connectivity index (χ0n) is 10.7. The molecule has 0 amide bonds. The van der Waals surface area contributed by atoms with Gasteiger partial charge in [0.1, 0.15) is 11.7 Å². The molecular formula is C14H22O3. The average Bonchev–Trinajstić information content (AvgIpc) is 2.34. The third kappa shape index (κ3) is 2.70. The fourth-order valence-electron chi connectivity index (χ4n) is 3.43. The van der Waals surface area contributed by atoms with Crippen LogP contribution in [0.15, 0.2) is 0 Å². The summed E-state index contributed by atoms with van der Waals surface area (Å²) in [5.41, 5.74) is 0.267. The van der Waals surface area contributed by atoms with Crippen molar-refractivity contribution < 1.29 is 14.3 Å². The minimum absolute atomic E-state index is 0.0969. The topological polar surface area (TPSA) is 43.4 Å². The van der Waals surface area contributed by atoms with Crippen LogP contribution in [0.2, 0.25) is 0 Å². The van der Waals surface area contributed by atoms with Gasteiger partial charge >= 0.3 is 5.97 Å². The number of ketones is 1. The van der Waals surface area contributed by atoms with Gasteiger partial charge < -0.3 is 4.74 Å². The Labute approximate surface area is 103 Å². The first kappa shape index (κ1) is 12.6. The van der Waals surface area contributed by atoms with Crippen LogP contribution in [0, 0.1) is 11.3 Å². The Kier molecular flexibility index (Phi) is 3.85. The lowest BCUT2D eigenvalue weighted by atomic mass is 9.62. The van der Waals surface area contributed by atoms with E-state index >= 15 is 0 Å². The zero-order chi connectivity index (χ0) is 12.3. The summed E-state index contributed by atoms with van der Waals surface area (Å²) in [6.45, 7) is 2.16. The van der Waals surface area contributed by atoms with Gasteiger partial charge in [-0.1, -0.05) is 19.3 Å². The predicted octanol–water partition coefficient (Wildman–Crippen LogP) is 2.87. The highest BCUT2D eigenvalue weighted by Gasteiger charge is 2.43. The first-order valence-corrected chi connectivity index (χ1v) is 6.86. The molecule has 1 atom stereocenters. The first-order valence-electron chi connectivity index (χ1n) is 6.86. The van der Waals surface area contributed by atoms with Crippen molar-refractivity contribution in [2.24, 2.45) is 11.3 Å². The second kappa shape index (κ2) is 5.19.